The molecule has 2 rings (SSSR count). The Morgan fingerprint density at radius 2 is 2.06 bits per heavy atom. The maximum Gasteiger partial charge on any atom is 0.271 e. The third kappa shape index (κ3) is 2.47. The summed E-state index contributed by atoms with van der Waals surface area (Å²) < 4.78 is 48.6. The molecule has 0 saturated carbocycles. The van der Waals surface area contributed by atoms with Crippen LogP contribution < -0.4 is 5.32 Å². The van der Waals surface area contributed by atoms with E-state index in [0.717, 1.165) is 12.1 Å². The quantitative estimate of drug-likeness (QED) is 0.829. The molecule has 1 atom stereocenters. The lowest BCUT2D eigenvalue weighted by Gasteiger charge is -2.06. The van der Waals surface area contributed by atoms with Crippen molar-refractivity contribution in [3.63, 3.8) is 0 Å². The highest BCUT2D eigenvalue weighted by atomic mass is 32.2. The van der Waals surface area contributed by atoms with Crippen LogP contribution in [-0.2, 0) is 15.9 Å². The molecule has 90 valence electrons. The van der Waals surface area contributed by atoms with Crippen molar-refractivity contribution in [3.05, 3.63) is 29.8 Å². The van der Waals surface area contributed by atoms with Crippen molar-refractivity contribution in [1.29, 1.82) is 0 Å². The Balaban J connectivity index is 2.22. The number of nitrogens with one attached hydrogen (secondary N) is 1. The van der Waals surface area contributed by atoms with Crippen molar-refractivity contribution in [1.82, 2.24) is 0 Å². The van der Waals surface area contributed by atoms with Gasteiger partial charge in [0.05, 0.1) is 7.11 Å². The Bertz CT molecular complexity index is 545. The molecule has 0 fully saturated rings. The molecular weight excluding hydrogens is 252 g/mol. The molecular formula is C9H7F2N3O2S. The molecule has 0 aliphatic carbocycles. The first-order valence-corrected chi connectivity index (χ1v) is 5.52. The smallest absolute Gasteiger partial charge is 0.271 e. The SMILES string of the molecule is COC1=NS(=O)N=C1Nc1ccc(F)c(F)c1. The molecule has 0 amide bonds. The molecule has 0 bridgehead atoms. The van der Waals surface area contributed by atoms with Crippen LogP contribution in [0.15, 0.2) is 27.0 Å². The van der Waals surface area contributed by atoms with E-state index in [4.69, 9.17) is 4.74 Å². The van der Waals surface area contributed by atoms with Gasteiger partial charge in [-0.1, -0.05) is 0 Å². The zero-order valence-corrected chi connectivity index (χ0v) is 9.42. The van der Waals surface area contributed by atoms with Crippen LogP contribution in [0.4, 0.5) is 14.5 Å². The Morgan fingerprint density at radius 1 is 1.29 bits per heavy atom. The lowest BCUT2D eigenvalue weighted by molar-refractivity contribution is 0.413. The largest absolute Gasteiger partial charge is 0.478 e. The van der Waals surface area contributed by atoms with Crippen molar-refractivity contribution in [2.75, 3.05) is 12.4 Å². The van der Waals surface area contributed by atoms with E-state index in [1.165, 1.54) is 13.2 Å². The van der Waals surface area contributed by atoms with Crippen LogP contribution in [0.3, 0.4) is 0 Å². The van der Waals surface area contributed by atoms with Crippen LogP contribution in [0.1, 0.15) is 0 Å². The van der Waals surface area contributed by atoms with E-state index < -0.39 is 22.8 Å². The van der Waals surface area contributed by atoms with Gasteiger partial charge in [0.25, 0.3) is 17.1 Å². The van der Waals surface area contributed by atoms with Crippen molar-refractivity contribution >= 4 is 28.6 Å². The van der Waals surface area contributed by atoms with Gasteiger partial charge in [0.15, 0.2) is 11.6 Å². The number of hydrogen-bond acceptors (Lipinski definition) is 3. The van der Waals surface area contributed by atoms with Gasteiger partial charge < -0.3 is 10.1 Å². The topological polar surface area (TPSA) is 63.0 Å². The molecule has 1 aromatic carbocycles. The molecule has 0 aromatic heterocycles. The number of amidine groups is 1. The molecule has 17 heavy (non-hydrogen) atoms. The maximum atomic E-state index is 12.9. The van der Waals surface area contributed by atoms with Crippen molar-refractivity contribution in [3.8, 4) is 0 Å². The van der Waals surface area contributed by atoms with Crippen LogP contribution in [0, 0.1) is 11.6 Å². The van der Waals surface area contributed by atoms with E-state index in [-0.39, 0.29) is 17.4 Å². The molecule has 1 aliphatic heterocycles. The van der Waals surface area contributed by atoms with Gasteiger partial charge in [-0.15, -0.1) is 8.80 Å². The van der Waals surface area contributed by atoms with Crippen molar-refractivity contribution < 1.29 is 17.7 Å². The first kappa shape index (κ1) is 11.6. The van der Waals surface area contributed by atoms with E-state index in [9.17, 15) is 13.0 Å². The van der Waals surface area contributed by atoms with E-state index in [1.807, 2.05) is 0 Å². The van der Waals surface area contributed by atoms with Crippen LogP contribution in [0.25, 0.3) is 0 Å². The molecule has 0 radical (unpaired) electrons. The molecule has 1 heterocycles. The molecule has 1 aliphatic rings. The van der Waals surface area contributed by atoms with Crippen molar-refractivity contribution in [2.45, 2.75) is 0 Å². The number of nitrogens with zero attached hydrogens (tertiary/aromatic N) is 2. The van der Waals surface area contributed by atoms with Gasteiger partial charge in [0.1, 0.15) is 0 Å². The third-order valence-corrected chi connectivity index (χ3v) is 2.57. The van der Waals surface area contributed by atoms with Gasteiger partial charge in [-0.25, -0.2) is 13.0 Å². The van der Waals surface area contributed by atoms with Crippen LogP contribution >= 0.6 is 0 Å². The zero-order chi connectivity index (χ0) is 12.4. The summed E-state index contributed by atoms with van der Waals surface area (Å²) in [5.74, 6) is -1.79. The fourth-order valence-electron chi connectivity index (χ4n) is 1.17. The molecule has 0 spiro atoms. The number of rotatable bonds is 1. The monoisotopic (exact) mass is 259 g/mol. The Labute approximate surface area is 98.0 Å². The fourth-order valence-corrected chi connectivity index (χ4v) is 1.80. The van der Waals surface area contributed by atoms with E-state index in [0.29, 0.717) is 0 Å². The minimum Gasteiger partial charge on any atom is -0.478 e. The molecule has 5 nitrogen and oxygen atoms in total. The summed E-state index contributed by atoms with van der Waals surface area (Å²) in [5, 5.41) is 2.63. The number of hydrogen-bond donors (Lipinski definition) is 1. The highest BCUT2D eigenvalue weighted by molar-refractivity contribution is 7.83. The maximum absolute atomic E-state index is 12.9. The average molecular weight is 259 g/mol. The van der Waals surface area contributed by atoms with Gasteiger partial charge in [0.2, 0.25) is 5.84 Å². The summed E-state index contributed by atoms with van der Waals surface area (Å²) in [6, 6.07) is 3.23. The highest BCUT2D eigenvalue weighted by Crippen LogP contribution is 2.14. The lowest BCUT2D eigenvalue weighted by atomic mass is 10.3. The summed E-state index contributed by atoms with van der Waals surface area (Å²) >= 11 is -1.75. The Kier molecular flexibility index (Phi) is 3.14. The van der Waals surface area contributed by atoms with Crippen LogP contribution in [0.2, 0.25) is 0 Å². The summed E-state index contributed by atoms with van der Waals surface area (Å²) in [5.41, 5.74) is 0.256. The fraction of sp³-hybridized carbons (Fsp3) is 0.111. The van der Waals surface area contributed by atoms with E-state index in [1.54, 1.807) is 0 Å². The van der Waals surface area contributed by atoms with Crippen LogP contribution in [-0.4, -0.2) is 23.1 Å². The lowest BCUT2D eigenvalue weighted by Crippen LogP contribution is -2.22. The summed E-state index contributed by atoms with van der Waals surface area (Å²) in [7, 11) is 1.34. The molecule has 8 heteroatoms. The summed E-state index contributed by atoms with van der Waals surface area (Å²) in [6.07, 6.45) is 0. The van der Waals surface area contributed by atoms with Gasteiger partial charge >= 0.3 is 0 Å². The average Bonchev–Trinajstić information content (AvgIpc) is 2.64. The van der Waals surface area contributed by atoms with E-state index in [2.05, 4.69) is 14.1 Å². The predicted octanol–water partition coefficient (Wildman–Crippen LogP) is 1.41. The number of halogens is 2. The van der Waals surface area contributed by atoms with Gasteiger partial charge in [-0.3, -0.25) is 0 Å². The summed E-state index contributed by atoms with van der Waals surface area (Å²) in [6.45, 7) is 0. The number of methoxy groups -OCH3 is 1. The first-order valence-electron chi connectivity index (χ1n) is 4.46. The molecule has 0 saturated heterocycles. The number of ether oxygens (including phenoxy) is 1. The molecule has 1 N–H and O–H groups in total. The zero-order valence-electron chi connectivity index (χ0n) is 8.61. The number of benzene rings is 1. The van der Waals surface area contributed by atoms with Crippen LogP contribution in [0.5, 0.6) is 0 Å². The minimum absolute atomic E-state index is 0.0491. The number of anilines is 1. The second kappa shape index (κ2) is 4.58. The van der Waals surface area contributed by atoms with Gasteiger partial charge in [-0.05, 0) is 12.1 Å². The van der Waals surface area contributed by atoms with E-state index >= 15 is 0 Å². The predicted molar refractivity (Wildman–Crippen MR) is 60.0 cm³/mol. The third-order valence-electron chi connectivity index (χ3n) is 1.91. The van der Waals surface area contributed by atoms with Gasteiger partial charge in [-0.2, -0.15) is 0 Å². The Morgan fingerprint density at radius 3 is 2.71 bits per heavy atom. The molecule has 1 unspecified atom stereocenters. The second-order valence-electron chi connectivity index (χ2n) is 3.03. The standard InChI is InChI=1S/C9H7F2N3O2S/c1-16-9-8(13-17(15)14-9)12-5-2-3-6(10)7(11)4-5/h2-4H,1H3,(H,12,13). The summed E-state index contributed by atoms with van der Waals surface area (Å²) in [4.78, 5) is 0. The second-order valence-corrected chi connectivity index (χ2v) is 3.85. The normalized spacial score (nSPS) is 18.6. The minimum atomic E-state index is -1.75. The Hall–Kier alpha value is -1.83. The molecule has 1 aromatic rings. The van der Waals surface area contributed by atoms with Gasteiger partial charge in [0, 0.05) is 11.8 Å². The highest BCUT2D eigenvalue weighted by Gasteiger charge is 2.20. The first-order chi connectivity index (χ1) is 8.10. The van der Waals surface area contributed by atoms with Crippen molar-refractivity contribution in [2.24, 2.45) is 8.80 Å².